The highest BCUT2D eigenvalue weighted by Gasteiger charge is 2.56. The highest BCUT2D eigenvalue weighted by Crippen LogP contribution is 2.58. The van der Waals surface area contributed by atoms with Crippen LogP contribution in [0.4, 0.5) is 27.8 Å². The van der Waals surface area contributed by atoms with Crippen molar-refractivity contribution in [1.29, 1.82) is 0 Å². The molecule has 5 aliphatic rings. The van der Waals surface area contributed by atoms with Gasteiger partial charge in [-0.3, -0.25) is 0 Å². The molecule has 2 saturated carbocycles. The fraction of sp³-hybridized carbons (Fsp3) is 0.525. The summed E-state index contributed by atoms with van der Waals surface area (Å²) in [5, 5.41) is 15.2. The molecule has 5 fully saturated rings. The molecular weight excluding hydrogens is 707 g/mol. The van der Waals surface area contributed by atoms with E-state index in [1.165, 1.54) is 31.4 Å². The summed E-state index contributed by atoms with van der Waals surface area (Å²) in [6.07, 6.45) is 7.46. The molecule has 2 aliphatic carbocycles. The number of methoxy groups -OCH3 is 1. The van der Waals surface area contributed by atoms with Gasteiger partial charge < -0.3 is 29.7 Å². The summed E-state index contributed by atoms with van der Waals surface area (Å²) in [5.41, 5.74) is -0.698. The van der Waals surface area contributed by atoms with E-state index in [1.54, 1.807) is 0 Å². The Labute approximate surface area is 309 Å². The highest BCUT2D eigenvalue weighted by atomic mass is 19.4. The van der Waals surface area contributed by atoms with Crippen LogP contribution in [-0.4, -0.2) is 89.7 Å². The van der Waals surface area contributed by atoms with Crippen molar-refractivity contribution in [3.05, 3.63) is 41.5 Å². The largest absolute Gasteiger partial charge is 0.508 e. The molecule has 2 bridgehead atoms. The number of aromatic nitrogens is 3. The zero-order valence-corrected chi connectivity index (χ0v) is 29.9. The van der Waals surface area contributed by atoms with Crippen LogP contribution in [0.25, 0.3) is 32.9 Å². The Bertz CT molecular complexity index is 2180. The van der Waals surface area contributed by atoms with Crippen LogP contribution in [0, 0.1) is 40.7 Å². The van der Waals surface area contributed by atoms with Crippen molar-refractivity contribution >= 4 is 27.5 Å². The molecule has 0 radical (unpaired) electrons. The van der Waals surface area contributed by atoms with Crippen LogP contribution >= 0.6 is 0 Å². The normalized spacial score (nSPS) is 23.5. The number of benzene rings is 2. The lowest BCUT2D eigenvalue weighted by molar-refractivity contribution is -0.227. The molecule has 2 atom stereocenters. The van der Waals surface area contributed by atoms with Gasteiger partial charge in [0.1, 0.15) is 34.0 Å². The first-order valence-corrected chi connectivity index (χ1v) is 18.7. The molecule has 3 saturated heterocycles. The van der Waals surface area contributed by atoms with E-state index < -0.39 is 23.7 Å². The lowest BCUT2D eigenvalue weighted by Gasteiger charge is -2.52. The van der Waals surface area contributed by atoms with Gasteiger partial charge in [0.05, 0.1) is 25.2 Å². The van der Waals surface area contributed by atoms with Crippen LogP contribution in [-0.2, 0) is 0 Å². The number of rotatable bonds is 8. The van der Waals surface area contributed by atoms with Crippen molar-refractivity contribution in [3.63, 3.8) is 0 Å². The molecule has 14 heteroatoms. The summed E-state index contributed by atoms with van der Waals surface area (Å²) >= 11 is 0. The van der Waals surface area contributed by atoms with Gasteiger partial charge in [0.2, 0.25) is 5.88 Å². The third-order valence-electron chi connectivity index (χ3n) is 12.6. The van der Waals surface area contributed by atoms with Gasteiger partial charge in [-0.25, -0.2) is 13.8 Å². The van der Waals surface area contributed by atoms with E-state index in [1.807, 2.05) is 0 Å². The first-order valence-electron chi connectivity index (χ1n) is 18.7. The Balaban J connectivity index is 1.05. The van der Waals surface area contributed by atoms with Crippen LogP contribution < -0.4 is 19.7 Å². The molecule has 3 aliphatic heterocycles. The first kappa shape index (κ1) is 35.2. The van der Waals surface area contributed by atoms with Crippen LogP contribution in [0.1, 0.15) is 56.9 Å². The number of fused-ring (bicyclic) bond motifs is 4. The number of alkyl halides is 3. The molecule has 5 heterocycles. The summed E-state index contributed by atoms with van der Waals surface area (Å²) in [6.45, 7) is 3.80. The summed E-state index contributed by atoms with van der Waals surface area (Å²) in [7, 11) is 1.42. The number of nitrogens with one attached hydrogen (secondary N) is 1. The predicted octanol–water partition coefficient (Wildman–Crippen LogP) is 6.97. The van der Waals surface area contributed by atoms with Gasteiger partial charge in [-0.05, 0) is 93.5 Å². The standard InChI is InChI=1S/C40H41F5N6O3/c1-3-27-29(41)7-4-22-14-26(52)15-28(30(22)27)33-32(42)34-31(36(47-33)53-2)35(51-18-24-5-6-25(19-51)46-24)49-37(48-34)54-21-39(8-9-39)20-50-12-10-38(11-13-50)16-23(17-38)40(43,44)45/h1,4,7,14-15,23-25,46,52H,5-6,8-13,16-21H2,2H3. The molecule has 284 valence electrons. The van der Waals surface area contributed by atoms with E-state index in [4.69, 9.17) is 20.9 Å². The second kappa shape index (κ2) is 12.8. The minimum Gasteiger partial charge on any atom is -0.508 e. The average molecular weight is 749 g/mol. The highest BCUT2D eigenvalue weighted by molar-refractivity contribution is 6.04. The lowest BCUT2D eigenvalue weighted by Crippen LogP contribution is -2.51. The van der Waals surface area contributed by atoms with Gasteiger partial charge in [-0.2, -0.15) is 23.1 Å². The molecule has 54 heavy (non-hydrogen) atoms. The monoisotopic (exact) mass is 748 g/mol. The summed E-state index contributed by atoms with van der Waals surface area (Å²) in [6, 6.07) is 5.84. The number of nitrogens with zero attached hydrogens (tertiary/aromatic N) is 5. The van der Waals surface area contributed by atoms with Crippen LogP contribution in [0.2, 0.25) is 0 Å². The molecule has 4 aromatic rings. The number of aromatic hydroxyl groups is 1. The number of piperazine rings is 1. The summed E-state index contributed by atoms with van der Waals surface area (Å²) in [4.78, 5) is 18.5. The van der Waals surface area contributed by atoms with Crippen molar-refractivity contribution in [2.24, 2.45) is 16.7 Å². The second-order valence-corrected chi connectivity index (χ2v) is 16.2. The maximum absolute atomic E-state index is 17.2. The molecular formula is C40H41F5N6O3. The van der Waals surface area contributed by atoms with Gasteiger partial charge >= 0.3 is 12.2 Å². The van der Waals surface area contributed by atoms with E-state index in [0.717, 1.165) is 58.2 Å². The maximum atomic E-state index is 17.2. The fourth-order valence-electron chi connectivity index (χ4n) is 9.47. The smallest absolute Gasteiger partial charge is 0.391 e. The lowest BCUT2D eigenvalue weighted by atomic mass is 9.57. The number of piperidine rings is 1. The summed E-state index contributed by atoms with van der Waals surface area (Å²) in [5.74, 6) is -0.00182. The maximum Gasteiger partial charge on any atom is 0.391 e. The SMILES string of the molecule is C#Cc1c(F)ccc2cc(O)cc(-c3nc(OC)c4c(N5CC6CCC(C5)N6)nc(OCC5(CN6CCC7(CC6)CC(C(F)(F)F)C7)CC5)nc4c3F)c12. The number of pyridine rings is 1. The number of phenolic OH excluding ortho intramolecular Hbond substituents is 1. The Morgan fingerprint density at radius 3 is 2.37 bits per heavy atom. The number of hydrogen-bond donors (Lipinski definition) is 2. The van der Waals surface area contributed by atoms with Crippen LogP contribution in [0.3, 0.4) is 0 Å². The molecule has 2 unspecified atom stereocenters. The number of halogens is 5. The Hall–Kier alpha value is -4.48. The number of ether oxygens (including phenoxy) is 2. The molecule has 9 rings (SSSR count). The number of hydrogen-bond acceptors (Lipinski definition) is 9. The van der Waals surface area contributed by atoms with E-state index in [0.29, 0.717) is 30.9 Å². The van der Waals surface area contributed by atoms with Gasteiger partial charge in [0.25, 0.3) is 0 Å². The van der Waals surface area contributed by atoms with E-state index in [9.17, 15) is 18.3 Å². The van der Waals surface area contributed by atoms with E-state index in [2.05, 4.69) is 31.0 Å². The molecule has 2 aromatic carbocycles. The number of terminal acetylenes is 1. The molecule has 2 N–H and O–H groups in total. The Kier molecular flexibility index (Phi) is 8.35. The predicted molar refractivity (Wildman–Crippen MR) is 193 cm³/mol. The molecule has 2 aromatic heterocycles. The third kappa shape index (κ3) is 6.13. The van der Waals surface area contributed by atoms with Gasteiger partial charge in [0, 0.05) is 48.1 Å². The fourth-order valence-corrected chi connectivity index (χ4v) is 9.47. The second-order valence-electron chi connectivity index (χ2n) is 16.2. The first-order chi connectivity index (χ1) is 25.9. The zero-order valence-electron chi connectivity index (χ0n) is 29.9. The topological polar surface area (TPSA) is 95.9 Å². The zero-order chi connectivity index (χ0) is 37.6. The summed E-state index contributed by atoms with van der Waals surface area (Å²) < 4.78 is 83.9. The van der Waals surface area contributed by atoms with Crippen molar-refractivity contribution in [2.75, 3.05) is 51.3 Å². The Morgan fingerprint density at radius 1 is 1.00 bits per heavy atom. The van der Waals surface area contributed by atoms with Gasteiger partial charge in [-0.1, -0.05) is 12.0 Å². The van der Waals surface area contributed by atoms with E-state index in [-0.39, 0.29) is 86.5 Å². The quantitative estimate of drug-likeness (QED) is 0.146. The van der Waals surface area contributed by atoms with E-state index >= 15 is 8.78 Å². The van der Waals surface area contributed by atoms with Gasteiger partial charge in [-0.15, -0.1) is 6.42 Å². The van der Waals surface area contributed by atoms with Crippen molar-refractivity contribution in [2.45, 2.75) is 69.6 Å². The van der Waals surface area contributed by atoms with Crippen molar-refractivity contribution < 1.29 is 36.5 Å². The van der Waals surface area contributed by atoms with Crippen LogP contribution in [0.5, 0.6) is 17.6 Å². The third-order valence-corrected chi connectivity index (χ3v) is 12.6. The van der Waals surface area contributed by atoms with Crippen LogP contribution in [0.15, 0.2) is 24.3 Å². The molecule has 1 spiro atoms. The number of likely N-dealkylation sites (tertiary alicyclic amines) is 1. The number of anilines is 1. The Morgan fingerprint density at radius 2 is 1.72 bits per heavy atom. The van der Waals surface area contributed by atoms with Gasteiger partial charge in [0.15, 0.2) is 5.82 Å². The molecule has 0 amide bonds. The van der Waals surface area contributed by atoms with Crippen molar-refractivity contribution in [1.82, 2.24) is 25.2 Å². The number of phenols is 1. The average Bonchev–Trinajstić information content (AvgIpc) is 3.82. The minimum absolute atomic E-state index is 0.00543. The molecule has 9 nitrogen and oxygen atoms in total. The van der Waals surface area contributed by atoms with Crippen molar-refractivity contribution in [3.8, 4) is 41.2 Å². The minimum atomic E-state index is -4.11.